The van der Waals surface area contributed by atoms with Crippen molar-refractivity contribution < 1.29 is 38.2 Å². The predicted molar refractivity (Wildman–Crippen MR) is 262 cm³/mol. The van der Waals surface area contributed by atoms with E-state index in [0.717, 1.165) is 49.3 Å². The highest BCUT2D eigenvalue weighted by atomic mass is 35.5. The van der Waals surface area contributed by atoms with Crippen molar-refractivity contribution in [1.82, 2.24) is 25.1 Å². The molecule has 68 heavy (non-hydrogen) atoms. The first-order chi connectivity index (χ1) is 32.4. The van der Waals surface area contributed by atoms with Crippen molar-refractivity contribution in [2.75, 3.05) is 62.1 Å². The Balaban J connectivity index is 0.00000684. The molecule has 2 atom stereocenters. The van der Waals surface area contributed by atoms with Gasteiger partial charge in [0, 0.05) is 90.6 Å². The van der Waals surface area contributed by atoms with E-state index in [4.69, 9.17) is 26.1 Å². The van der Waals surface area contributed by atoms with Crippen molar-refractivity contribution in [2.45, 2.75) is 96.3 Å². The second kappa shape index (κ2) is 22.8. The number of piperidine rings is 2. The number of benzene rings is 2. The van der Waals surface area contributed by atoms with E-state index < -0.39 is 11.9 Å². The molecule has 2 aromatic heterocycles. The van der Waals surface area contributed by atoms with Gasteiger partial charge in [0.05, 0.1) is 31.5 Å². The molecular formula is C49H58Cl2N8O8S. The molecule has 362 valence electrons. The van der Waals surface area contributed by atoms with Gasteiger partial charge in [-0.3, -0.25) is 34.1 Å². The summed E-state index contributed by atoms with van der Waals surface area (Å²) in [5, 5.41) is 7.81. The zero-order chi connectivity index (χ0) is 47.2. The van der Waals surface area contributed by atoms with Crippen LogP contribution in [0, 0.1) is 5.92 Å². The number of nitrogens with zero attached hydrogens (tertiary/aromatic N) is 6. The molecule has 2 N–H and O–H groups in total. The Hall–Kier alpha value is -5.46. The maximum Gasteiger partial charge on any atom is 0.255 e. The van der Waals surface area contributed by atoms with Crippen molar-refractivity contribution in [3.05, 3.63) is 92.0 Å². The van der Waals surface area contributed by atoms with Crippen LogP contribution in [-0.2, 0) is 43.4 Å². The van der Waals surface area contributed by atoms with E-state index in [1.807, 2.05) is 41.5 Å². The average molecular weight is 990 g/mol. The standard InChI is InChI=1S/C49H57ClN8O8S.ClH/c1-4-38-49(64)55(2)40-26-51-43(53-46(40)57(38)27-34-25-33(50)29-67-34)24-32-12-11-31(23-42(32)65-3)41(59)22-30-15-17-56(18-16-30)19-21-66-20-6-5-10-44(60)52-37-9-7-8-35-36(37)28-58(48(35)63)39-13-14-45(61)54-47(39)62;/h7-9,11-12,23,25-26,29-30,38-39H,4-6,10,13-22,24,27-28H2,1-3H3,(H,52,60)(H,54,61,62);1H/t38-,39?;/m1./s1. The summed E-state index contributed by atoms with van der Waals surface area (Å²) >= 11 is 7.79. The molecule has 0 saturated carbocycles. The maximum atomic E-state index is 13.6. The smallest absolute Gasteiger partial charge is 0.255 e. The molecule has 2 fully saturated rings. The van der Waals surface area contributed by atoms with E-state index in [0.29, 0.717) is 102 Å². The van der Waals surface area contributed by atoms with Gasteiger partial charge in [-0.05, 0) is 81.8 Å². The number of hydrogen-bond acceptors (Lipinski definition) is 13. The largest absolute Gasteiger partial charge is 0.496 e. The number of likely N-dealkylation sites (N-methyl/N-ethyl adjacent to an activating group) is 1. The number of carbonyl (C=O) groups excluding carboxylic acids is 6. The van der Waals surface area contributed by atoms with Crippen LogP contribution >= 0.6 is 35.3 Å². The molecule has 2 aromatic carbocycles. The highest BCUT2D eigenvalue weighted by molar-refractivity contribution is 7.10. The average Bonchev–Trinajstić information content (AvgIpc) is 3.90. The molecule has 4 aromatic rings. The maximum absolute atomic E-state index is 13.6. The summed E-state index contributed by atoms with van der Waals surface area (Å²) in [6.45, 7) is 6.42. The number of thiophene rings is 1. The van der Waals surface area contributed by atoms with E-state index in [-0.39, 0.29) is 73.2 Å². The third kappa shape index (κ3) is 11.5. The number of fused-ring (bicyclic) bond motifs is 2. The van der Waals surface area contributed by atoms with Gasteiger partial charge in [-0.2, -0.15) is 0 Å². The minimum atomic E-state index is -0.716. The Morgan fingerprint density at radius 2 is 1.84 bits per heavy atom. The first-order valence-corrected chi connectivity index (χ1v) is 24.4. The second-order valence-corrected chi connectivity index (χ2v) is 19.1. The predicted octanol–water partition coefficient (Wildman–Crippen LogP) is 6.85. The Morgan fingerprint density at radius 1 is 1.03 bits per heavy atom. The fourth-order valence-electron chi connectivity index (χ4n) is 9.47. The third-order valence-corrected chi connectivity index (χ3v) is 14.5. The first-order valence-electron chi connectivity index (χ1n) is 23.1. The lowest BCUT2D eigenvalue weighted by Gasteiger charge is -2.40. The molecular weight excluding hydrogens is 932 g/mol. The van der Waals surface area contributed by atoms with E-state index >= 15 is 0 Å². The number of ether oxygens (including phenoxy) is 2. The lowest BCUT2D eigenvalue weighted by molar-refractivity contribution is -0.137. The molecule has 5 amide bonds. The number of aromatic nitrogens is 2. The van der Waals surface area contributed by atoms with Gasteiger partial charge in [0.25, 0.3) is 5.91 Å². The number of nitrogens with one attached hydrogen (secondary N) is 2. The summed E-state index contributed by atoms with van der Waals surface area (Å²) in [6, 6.07) is 11.6. The van der Waals surface area contributed by atoms with Crippen molar-refractivity contribution in [2.24, 2.45) is 5.92 Å². The topological polar surface area (TPSA) is 184 Å². The van der Waals surface area contributed by atoms with Crippen molar-refractivity contribution >= 4 is 87.9 Å². The van der Waals surface area contributed by atoms with Crippen molar-refractivity contribution in [3.63, 3.8) is 0 Å². The van der Waals surface area contributed by atoms with Gasteiger partial charge < -0.3 is 34.4 Å². The molecule has 4 aliphatic heterocycles. The van der Waals surface area contributed by atoms with E-state index in [1.165, 1.54) is 4.90 Å². The van der Waals surface area contributed by atoms with Gasteiger partial charge in [0.1, 0.15) is 29.3 Å². The molecule has 19 heteroatoms. The zero-order valence-electron chi connectivity index (χ0n) is 38.6. The SMILES string of the molecule is CC[C@@H]1C(=O)N(C)c2cnc(Cc3ccc(C(=O)CC4CCN(CCOCCCCC(=O)Nc5cccc6c5CN(C5CCC(=O)NC5=O)C6=O)CC4)cc3OC)nc2N1Cc1cc(Cl)cs1.Cl. The number of unbranched alkanes of at least 4 members (excludes halogenated alkanes) is 1. The Kier molecular flexibility index (Phi) is 16.9. The fourth-order valence-corrected chi connectivity index (χ4v) is 10.5. The van der Waals surface area contributed by atoms with Crippen LogP contribution in [0.15, 0.2) is 54.0 Å². The van der Waals surface area contributed by atoms with Gasteiger partial charge >= 0.3 is 0 Å². The molecule has 2 saturated heterocycles. The Bertz CT molecular complexity index is 2530. The van der Waals surface area contributed by atoms with Crippen LogP contribution in [0.3, 0.4) is 0 Å². The summed E-state index contributed by atoms with van der Waals surface area (Å²) in [5.41, 5.74) is 3.82. The van der Waals surface area contributed by atoms with Crippen LogP contribution in [0.25, 0.3) is 0 Å². The molecule has 8 rings (SSSR count). The van der Waals surface area contributed by atoms with Gasteiger partial charge in [0.2, 0.25) is 23.6 Å². The minimum absolute atomic E-state index is 0. The van der Waals surface area contributed by atoms with Crippen molar-refractivity contribution in [1.29, 1.82) is 0 Å². The van der Waals surface area contributed by atoms with Crippen molar-refractivity contribution in [3.8, 4) is 5.75 Å². The molecule has 0 bridgehead atoms. The molecule has 16 nitrogen and oxygen atoms in total. The van der Waals surface area contributed by atoms with Crippen LogP contribution in [0.4, 0.5) is 17.2 Å². The summed E-state index contributed by atoms with van der Waals surface area (Å²) in [5.74, 6) is 1.01. The Morgan fingerprint density at radius 3 is 2.57 bits per heavy atom. The van der Waals surface area contributed by atoms with Crippen LogP contribution in [-0.4, -0.2) is 114 Å². The number of anilines is 3. The summed E-state index contributed by atoms with van der Waals surface area (Å²) in [4.78, 5) is 95.1. The number of likely N-dealkylation sites (tertiary alicyclic amines) is 1. The van der Waals surface area contributed by atoms with Gasteiger partial charge in [0.15, 0.2) is 11.6 Å². The van der Waals surface area contributed by atoms with E-state index in [2.05, 4.69) is 20.5 Å². The fraction of sp³-hybridized carbons (Fsp3) is 0.469. The highest BCUT2D eigenvalue weighted by Crippen LogP contribution is 2.37. The van der Waals surface area contributed by atoms with Gasteiger partial charge in [-0.25, -0.2) is 9.97 Å². The molecule has 1 unspecified atom stereocenters. The van der Waals surface area contributed by atoms with Crippen LogP contribution < -0.4 is 25.2 Å². The number of methoxy groups -OCH3 is 1. The number of amides is 5. The summed E-state index contributed by atoms with van der Waals surface area (Å²) in [6.07, 6.45) is 7.17. The minimum Gasteiger partial charge on any atom is -0.496 e. The van der Waals surface area contributed by atoms with Crippen LogP contribution in [0.1, 0.15) is 107 Å². The second-order valence-electron chi connectivity index (χ2n) is 17.6. The number of hydrogen-bond donors (Lipinski definition) is 2. The summed E-state index contributed by atoms with van der Waals surface area (Å²) in [7, 11) is 3.36. The third-order valence-electron chi connectivity index (χ3n) is 13.2. The molecule has 0 aliphatic carbocycles. The number of imide groups is 1. The molecule has 0 radical (unpaired) electrons. The normalized spacial score (nSPS) is 18.6. The molecule has 4 aliphatic rings. The number of rotatable bonds is 19. The number of Topliss-reactive ketones (excluding diaryl/α,β-unsaturated/α-hetero) is 1. The number of carbonyl (C=O) groups is 6. The number of ketones is 1. The van der Waals surface area contributed by atoms with Crippen LogP contribution in [0.5, 0.6) is 5.75 Å². The lowest BCUT2D eigenvalue weighted by atomic mass is 9.89. The highest BCUT2D eigenvalue weighted by Gasteiger charge is 2.40. The van der Waals surface area contributed by atoms with E-state index in [1.54, 1.807) is 54.8 Å². The van der Waals surface area contributed by atoms with Gasteiger partial charge in [-0.1, -0.05) is 36.7 Å². The lowest BCUT2D eigenvalue weighted by Crippen LogP contribution is -2.52. The zero-order valence-corrected chi connectivity index (χ0v) is 41.0. The number of halogens is 2. The quantitative estimate of drug-likeness (QED) is 0.0568. The van der Waals surface area contributed by atoms with Crippen LogP contribution in [0.2, 0.25) is 5.02 Å². The molecule has 6 heterocycles. The summed E-state index contributed by atoms with van der Waals surface area (Å²) < 4.78 is 11.7. The monoisotopic (exact) mass is 988 g/mol. The Labute approximate surface area is 411 Å². The van der Waals surface area contributed by atoms with E-state index in [9.17, 15) is 28.8 Å². The van der Waals surface area contributed by atoms with Gasteiger partial charge in [-0.15, -0.1) is 23.7 Å². The molecule has 0 spiro atoms. The first kappa shape index (κ1) is 50.4.